The number of benzene rings is 2. The molecule has 2 unspecified atom stereocenters. The van der Waals surface area contributed by atoms with Crippen LogP contribution in [0.25, 0.3) is 21.6 Å². The van der Waals surface area contributed by atoms with Crippen LogP contribution >= 0.6 is 0 Å². The van der Waals surface area contributed by atoms with Gasteiger partial charge in [-0.3, -0.25) is 9.59 Å². The predicted octanol–water partition coefficient (Wildman–Crippen LogP) is 5.51. The van der Waals surface area contributed by atoms with E-state index in [9.17, 15) is 14.4 Å². The first-order valence-electron chi connectivity index (χ1n) is 14.3. The van der Waals surface area contributed by atoms with E-state index in [4.69, 9.17) is 10.3 Å². The highest BCUT2D eigenvalue weighted by Gasteiger charge is 2.42. The van der Waals surface area contributed by atoms with Gasteiger partial charge in [0.25, 0.3) is 11.8 Å². The van der Waals surface area contributed by atoms with E-state index in [1.807, 2.05) is 53.4 Å². The summed E-state index contributed by atoms with van der Waals surface area (Å²) in [6, 6.07) is 15.3. The molecule has 1 heterocycles. The summed E-state index contributed by atoms with van der Waals surface area (Å²) < 4.78 is 5.55. The van der Waals surface area contributed by atoms with Crippen LogP contribution in [0, 0.1) is 0 Å². The quantitative estimate of drug-likeness (QED) is 0.254. The lowest BCUT2D eigenvalue weighted by molar-refractivity contribution is 0.0195. The second kappa shape index (κ2) is 11.9. The van der Waals surface area contributed by atoms with Crippen molar-refractivity contribution >= 4 is 17.9 Å². The zero-order chi connectivity index (χ0) is 30.0. The highest BCUT2D eigenvalue weighted by Crippen LogP contribution is 2.38. The van der Waals surface area contributed by atoms with Crippen LogP contribution in [0.5, 0.6) is 0 Å². The Hall–Kier alpha value is -4.34. The lowest BCUT2D eigenvalue weighted by Crippen LogP contribution is -2.48. The number of nitrogens with one attached hydrogen (secondary N) is 1. The van der Waals surface area contributed by atoms with Gasteiger partial charge >= 0.3 is 6.09 Å². The third kappa shape index (κ3) is 6.27. The standard InChI is InChI=1S/C31H37N7O4/c1-31(2,19-33-35-32)42-30(41)37-18-22-17-24(15-16-27(22)34-37)38(23-13-14-23)28(39)21-11-9-20(10-12-21)25-7-5-6-8-26(25)29(40)36(3)4/h5-12,18,23-24,27,34H,13-17,19H2,1-4H3. The highest BCUT2D eigenvalue weighted by atomic mass is 16.6. The molecule has 1 aliphatic heterocycles. The van der Waals surface area contributed by atoms with Crippen molar-refractivity contribution in [3.63, 3.8) is 0 Å². The van der Waals surface area contributed by atoms with Crippen molar-refractivity contribution in [2.24, 2.45) is 5.11 Å². The summed E-state index contributed by atoms with van der Waals surface area (Å²) in [4.78, 5) is 45.7. The van der Waals surface area contributed by atoms with Crippen LogP contribution in [-0.4, -0.2) is 77.1 Å². The van der Waals surface area contributed by atoms with Gasteiger partial charge < -0.3 is 14.5 Å². The minimum atomic E-state index is -0.936. The molecule has 3 amide bonds. The summed E-state index contributed by atoms with van der Waals surface area (Å²) >= 11 is 0. The molecule has 0 spiro atoms. The Labute approximate surface area is 245 Å². The van der Waals surface area contributed by atoms with E-state index in [1.54, 1.807) is 39.0 Å². The molecule has 0 radical (unpaired) electrons. The molecule has 11 heteroatoms. The summed E-state index contributed by atoms with van der Waals surface area (Å²) in [6.45, 7) is 3.42. The molecular formula is C31H37N7O4. The Morgan fingerprint density at radius 2 is 1.71 bits per heavy atom. The number of ether oxygens (including phenoxy) is 1. The molecule has 42 heavy (non-hydrogen) atoms. The zero-order valence-electron chi connectivity index (χ0n) is 24.5. The van der Waals surface area contributed by atoms with Crippen LogP contribution in [0.4, 0.5) is 4.79 Å². The van der Waals surface area contributed by atoms with Gasteiger partial charge in [-0.1, -0.05) is 35.4 Å². The van der Waals surface area contributed by atoms with E-state index in [0.29, 0.717) is 17.5 Å². The van der Waals surface area contributed by atoms with Crippen molar-refractivity contribution in [1.82, 2.24) is 20.2 Å². The first kappa shape index (κ1) is 29.2. The third-order valence-corrected chi connectivity index (χ3v) is 7.95. The molecule has 2 atom stereocenters. The summed E-state index contributed by atoms with van der Waals surface area (Å²) in [5, 5.41) is 4.88. The molecule has 1 N–H and O–H groups in total. The van der Waals surface area contributed by atoms with E-state index in [0.717, 1.165) is 42.4 Å². The molecule has 220 valence electrons. The molecule has 0 bridgehead atoms. The molecule has 2 aromatic carbocycles. The predicted molar refractivity (Wildman–Crippen MR) is 158 cm³/mol. The van der Waals surface area contributed by atoms with Gasteiger partial charge in [0.2, 0.25) is 0 Å². The number of hydrazine groups is 1. The SMILES string of the molecule is CN(C)C(=O)c1ccccc1-c1ccc(C(=O)N(C2CC2)C2CCC3NN(C(=O)OC(C)(C)CN=[N+]=[N-])C=C3C2)cc1. The van der Waals surface area contributed by atoms with Crippen molar-refractivity contribution in [1.29, 1.82) is 0 Å². The van der Waals surface area contributed by atoms with Crippen LogP contribution in [0.3, 0.4) is 0 Å². The van der Waals surface area contributed by atoms with Gasteiger partial charge in [-0.15, -0.1) is 0 Å². The van der Waals surface area contributed by atoms with Gasteiger partial charge in [-0.25, -0.2) is 15.2 Å². The van der Waals surface area contributed by atoms with Crippen LogP contribution < -0.4 is 5.43 Å². The maximum Gasteiger partial charge on any atom is 0.429 e. The van der Waals surface area contributed by atoms with E-state index < -0.39 is 11.7 Å². The first-order chi connectivity index (χ1) is 20.1. The second-order valence-electron chi connectivity index (χ2n) is 12.0. The fourth-order valence-corrected chi connectivity index (χ4v) is 5.67. The lowest BCUT2D eigenvalue weighted by atomic mass is 9.86. The molecule has 5 rings (SSSR count). The van der Waals surface area contributed by atoms with Crippen LogP contribution in [0.2, 0.25) is 0 Å². The molecule has 2 aromatic rings. The monoisotopic (exact) mass is 571 g/mol. The highest BCUT2D eigenvalue weighted by molar-refractivity contribution is 6.01. The van der Waals surface area contributed by atoms with Crippen molar-refractivity contribution in [2.45, 2.75) is 69.7 Å². The first-order valence-corrected chi connectivity index (χ1v) is 14.3. The molecule has 2 fully saturated rings. The van der Waals surface area contributed by atoms with Gasteiger partial charge in [0.1, 0.15) is 5.60 Å². The van der Waals surface area contributed by atoms with Crippen LogP contribution in [0.15, 0.2) is 65.4 Å². The summed E-state index contributed by atoms with van der Waals surface area (Å²) in [6.07, 6.45) is 5.47. The Bertz CT molecular complexity index is 1440. The fourth-order valence-electron chi connectivity index (χ4n) is 5.67. The Morgan fingerprint density at radius 1 is 1.02 bits per heavy atom. The van der Waals surface area contributed by atoms with Gasteiger partial charge in [-0.2, -0.15) is 0 Å². The molecule has 0 saturated heterocycles. The molecule has 2 saturated carbocycles. The topological polar surface area (TPSA) is 131 Å². The van der Waals surface area contributed by atoms with Gasteiger partial charge in [0.05, 0.1) is 6.54 Å². The fraction of sp³-hybridized carbons (Fsp3) is 0.452. The number of rotatable bonds is 8. The van der Waals surface area contributed by atoms with Crippen molar-refractivity contribution in [3.05, 3.63) is 81.9 Å². The Morgan fingerprint density at radius 3 is 2.38 bits per heavy atom. The number of azide groups is 1. The maximum atomic E-state index is 13.9. The summed E-state index contributed by atoms with van der Waals surface area (Å²) in [5.74, 6) is -0.0616. The van der Waals surface area contributed by atoms with Crippen LogP contribution in [-0.2, 0) is 4.74 Å². The molecule has 0 aromatic heterocycles. The van der Waals surface area contributed by atoms with E-state index in [-0.39, 0.29) is 36.5 Å². The van der Waals surface area contributed by atoms with E-state index in [1.165, 1.54) is 5.01 Å². The zero-order valence-corrected chi connectivity index (χ0v) is 24.5. The van der Waals surface area contributed by atoms with E-state index in [2.05, 4.69) is 15.5 Å². The largest absolute Gasteiger partial charge is 0.442 e. The number of carbonyl (C=O) groups excluding carboxylic acids is 3. The maximum absolute atomic E-state index is 13.9. The number of fused-ring (bicyclic) bond motifs is 1. The smallest absolute Gasteiger partial charge is 0.429 e. The normalized spacial score (nSPS) is 19.7. The van der Waals surface area contributed by atoms with Gasteiger partial charge in [0, 0.05) is 54.5 Å². The number of hydrogen-bond acceptors (Lipinski definition) is 6. The number of amides is 3. The number of nitrogens with zero attached hydrogens (tertiary/aromatic N) is 6. The minimum Gasteiger partial charge on any atom is -0.442 e. The summed E-state index contributed by atoms with van der Waals surface area (Å²) in [5.41, 5.74) is 14.9. The second-order valence-corrected chi connectivity index (χ2v) is 12.0. The molecule has 3 aliphatic rings. The Kier molecular flexibility index (Phi) is 8.24. The number of carbonyl (C=O) groups is 3. The average Bonchev–Trinajstić information content (AvgIpc) is 3.72. The Balaban J connectivity index is 1.29. The molecule has 11 nitrogen and oxygen atoms in total. The van der Waals surface area contributed by atoms with Crippen LogP contribution in [0.1, 0.15) is 66.7 Å². The van der Waals surface area contributed by atoms with Gasteiger partial charge in [-0.05, 0) is 86.4 Å². The van der Waals surface area contributed by atoms with Crippen molar-refractivity contribution in [2.75, 3.05) is 20.6 Å². The molecule has 2 aliphatic carbocycles. The van der Waals surface area contributed by atoms with Gasteiger partial charge in [0.15, 0.2) is 0 Å². The summed E-state index contributed by atoms with van der Waals surface area (Å²) in [7, 11) is 3.47. The van der Waals surface area contributed by atoms with Crippen molar-refractivity contribution in [3.8, 4) is 11.1 Å². The lowest BCUT2D eigenvalue weighted by Gasteiger charge is -2.37. The van der Waals surface area contributed by atoms with Crippen molar-refractivity contribution < 1.29 is 19.1 Å². The number of hydrogen-bond donors (Lipinski definition) is 1. The van der Waals surface area contributed by atoms with E-state index >= 15 is 0 Å². The molecular weight excluding hydrogens is 534 g/mol. The minimum absolute atomic E-state index is 0.00720. The third-order valence-electron chi connectivity index (χ3n) is 7.95. The average molecular weight is 572 g/mol.